The molecule has 0 aromatic carbocycles. The fourth-order valence-electron chi connectivity index (χ4n) is 3.21. The van der Waals surface area contributed by atoms with Crippen LogP contribution in [0, 0.1) is 11.8 Å². The zero-order chi connectivity index (χ0) is 15.8. The Bertz CT molecular complexity index is 379. The van der Waals surface area contributed by atoms with Crippen LogP contribution in [0.4, 0.5) is 0 Å². The minimum atomic E-state index is -0.378. The molecule has 4 heteroatoms. The van der Waals surface area contributed by atoms with Crippen LogP contribution in [0.5, 0.6) is 0 Å². The van der Waals surface area contributed by atoms with E-state index in [4.69, 9.17) is 5.73 Å². The summed E-state index contributed by atoms with van der Waals surface area (Å²) in [6, 6.07) is -0.378. The molecular weight excluding hydrogens is 264 g/mol. The summed E-state index contributed by atoms with van der Waals surface area (Å²) in [5, 5.41) is 0. The molecule has 0 aliphatic carbocycles. The largest absolute Gasteiger partial charge is 0.368 e. The summed E-state index contributed by atoms with van der Waals surface area (Å²) in [5.74, 6) is 0.694. The predicted octanol–water partition coefficient (Wildman–Crippen LogP) is 2.87. The van der Waals surface area contributed by atoms with Crippen molar-refractivity contribution >= 4 is 11.8 Å². The molecule has 4 nitrogen and oxygen atoms in total. The minimum Gasteiger partial charge on any atom is -0.368 e. The van der Waals surface area contributed by atoms with Gasteiger partial charge in [0.25, 0.3) is 0 Å². The Morgan fingerprint density at radius 3 is 2.67 bits per heavy atom. The second-order valence-electron chi connectivity index (χ2n) is 6.44. The molecule has 1 aliphatic heterocycles. The van der Waals surface area contributed by atoms with Gasteiger partial charge >= 0.3 is 0 Å². The van der Waals surface area contributed by atoms with Gasteiger partial charge in [-0.05, 0) is 50.9 Å². The fraction of sp³-hybridized carbons (Fsp3) is 0.765. The number of amides is 2. The zero-order valence-electron chi connectivity index (χ0n) is 13.7. The first-order chi connectivity index (χ1) is 9.95. The fourth-order valence-corrected chi connectivity index (χ4v) is 3.21. The Morgan fingerprint density at radius 2 is 2.05 bits per heavy atom. The zero-order valence-corrected chi connectivity index (χ0v) is 13.7. The Hall–Kier alpha value is -1.32. The van der Waals surface area contributed by atoms with Crippen LogP contribution in [0.3, 0.4) is 0 Å². The summed E-state index contributed by atoms with van der Waals surface area (Å²) in [7, 11) is 0. The molecule has 2 amide bonds. The number of hydrogen-bond donors (Lipinski definition) is 1. The van der Waals surface area contributed by atoms with E-state index in [2.05, 4.69) is 26.0 Å². The quantitative estimate of drug-likeness (QED) is 0.700. The third kappa shape index (κ3) is 5.90. The number of likely N-dealkylation sites (tertiary alicyclic amines) is 1. The molecule has 1 fully saturated rings. The van der Waals surface area contributed by atoms with E-state index in [9.17, 15) is 9.59 Å². The molecule has 1 rings (SSSR count). The maximum absolute atomic E-state index is 12.3. The number of primary amides is 1. The Balaban J connectivity index is 2.38. The molecular formula is C17H30N2O2. The molecule has 0 unspecified atom stereocenters. The van der Waals surface area contributed by atoms with Gasteiger partial charge in [-0.2, -0.15) is 0 Å². The van der Waals surface area contributed by atoms with E-state index in [1.807, 2.05) is 6.92 Å². The summed E-state index contributed by atoms with van der Waals surface area (Å²) in [4.78, 5) is 25.4. The SMILES string of the molecule is C/C=C\CC[C@H](C)C[C@@H](C)CC(=O)N1CCC[C@H]1C(N)=O. The van der Waals surface area contributed by atoms with Crippen molar-refractivity contribution in [1.29, 1.82) is 0 Å². The highest BCUT2D eigenvalue weighted by Crippen LogP contribution is 2.23. The Labute approximate surface area is 128 Å². The highest BCUT2D eigenvalue weighted by molar-refractivity contribution is 5.87. The molecule has 120 valence electrons. The first-order valence-corrected chi connectivity index (χ1v) is 8.15. The van der Waals surface area contributed by atoms with Crippen LogP contribution in [0.2, 0.25) is 0 Å². The van der Waals surface area contributed by atoms with E-state index in [1.165, 1.54) is 0 Å². The standard InChI is InChI=1S/C17H30N2O2/c1-4-5-6-8-13(2)11-14(3)12-16(20)19-10-7-9-15(19)17(18)21/h4-5,13-15H,6-12H2,1-3H3,(H2,18,21)/b5-4-/t13-,14+,15-/m0/s1. The van der Waals surface area contributed by atoms with Gasteiger partial charge < -0.3 is 10.6 Å². The van der Waals surface area contributed by atoms with Gasteiger partial charge in [0.15, 0.2) is 0 Å². The first-order valence-electron chi connectivity index (χ1n) is 8.15. The lowest BCUT2D eigenvalue weighted by molar-refractivity contribution is -0.138. The first kappa shape index (κ1) is 17.7. The Kier molecular flexibility index (Phi) is 7.48. The number of hydrogen-bond acceptors (Lipinski definition) is 2. The molecule has 21 heavy (non-hydrogen) atoms. The predicted molar refractivity (Wildman–Crippen MR) is 85.5 cm³/mol. The molecule has 0 bridgehead atoms. The molecule has 0 saturated carbocycles. The summed E-state index contributed by atoms with van der Waals surface area (Å²) in [5.41, 5.74) is 5.37. The molecule has 0 radical (unpaired) electrons. The van der Waals surface area contributed by atoms with Gasteiger partial charge in [-0.15, -0.1) is 0 Å². The number of carbonyl (C=O) groups excluding carboxylic acids is 2. The lowest BCUT2D eigenvalue weighted by atomic mass is 9.91. The van der Waals surface area contributed by atoms with Crippen molar-refractivity contribution < 1.29 is 9.59 Å². The molecule has 0 aromatic heterocycles. The van der Waals surface area contributed by atoms with Crippen LogP contribution in [0.1, 0.15) is 59.3 Å². The van der Waals surface area contributed by atoms with Crippen LogP contribution in [0.25, 0.3) is 0 Å². The van der Waals surface area contributed by atoms with Gasteiger partial charge in [-0.1, -0.05) is 26.0 Å². The minimum absolute atomic E-state index is 0.0875. The third-order valence-corrected chi connectivity index (χ3v) is 4.29. The van der Waals surface area contributed by atoms with Gasteiger partial charge in [-0.3, -0.25) is 9.59 Å². The van der Waals surface area contributed by atoms with Crippen molar-refractivity contribution in [3.63, 3.8) is 0 Å². The van der Waals surface area contributed by atoms with Gasteiger partial charge in [0.05, 0.1) is 0 Å². The van der Waals surface area contributed by atoms with Crippen LogP contribution in [-0.2, 0) is 9.59 Å². The van der Waals surface area contributed by atoms with E-state index >= 15 is 0 Å². The van der Waals surface area contributed by atoms with Crippen LogP contribution < -0.4 is 5.73 Å². The van der Waals surface area contributed by atoms with Crippen molar-refractivity contribution in [2.45, 2.75) is 65.3 Å². The average Bonchev–Trinajstić information content (AvgIpc) is 2.88. The second-order valence-corrected chi connectivity index (χ2v) is 6.44. The van der Waals surface area contributed by atoms with E-state index < -0.39 is 0 Å². The van der Waals surface area contributed by atoms with Crippen molar-refractivity contribution in [2.75, 3.05) is 6.54 Å². The van der Waals surface area contributed by atoms with E-state index in [0.29, 0.717) is 24.8 Å². The van der Waals surface area contributed by atoms with Crippen molar-refractivity contribution in [3.05, 3.63) is 12.2 Å². The molecule has 2 N–H and O–H groups in total. The molecule has 1 heterocycles. The van der Waals surface area contributed by atoms with Crippen LogP contribution in [0.15, 0.2) is 12.2 Å². The normalized spacial score (nSPS) is 21.7. The molecule has 0 aromatic rings. The molecule has 0 spiro atoms. The Morgan fingerprint density at radius 1 is 1.33 bits per heavy atom. The van der Waals surface area contributed by atoms with Crippen LogP contribution >= 0.6 is 0 Å². The van der Waals surface area contributed by atoms with Gasteiger partial charge in [-0.25, -0.2) is 0 Å². The smallest absolute Gasteiger partial charge is 0.240 e. The number of nitrogens with two attached hydrogens (primary N) is 1. The van der Waals surface area contributed by atoms with Gasteiger partial charge in [0.2, 0.25) is 11.8 Å². The number of rotatable bonds is 8. The highest BCUT2D eigenvalue weighted by Gasteiger charge is 2.32. The molecule has 3 atom stereocenters. The topological polar surface area (TPSA) is 63.4 Å². The van der Waals surface area contributed by atoms with Gasteiger partial charge in [0.1, 0.15) is 6.04 Å². The summed E-state index contributed by atoms with van der Waals surface area (Å²) < 4.78 is 0. The van der Waals surface area contributed by atoms with E-state index in [-0.39, 0.29) is 17.9 Å². The highest BCUT2D eigenvalue weighted by atomic mass is 16.2. The summed E-state index contributed by atoms with van der Waals surface area (Å²) in [6.45, 7) is 7.08. The maximum atomic E-state index is 12.3. The van der Waals surface area contributed by atoms with Crippen molar-refractivity contribution in [3.8, 4) is 0 Å². The van der Waals surface area contributed by atoms with E-state index in [1.54, 1.807) is 4.90 Å². The maximum Gasteiger partial charge on any atom is 0.240 e. The van der Waals surface area contributed by atoms with Crippen LogP contribution in [-0.4, -0.2) is 29.3 Å². The molecule has 1 saturated heterocycles. The number of nitrogens with zero attached hydrogens (tertiary/aromatic N) is 1. The summed E-state index contributed by atoms with van der Waals surface area (Å²) >= 11 is 0. The number of allylic oxidation sites excluding steroid dienone is 2. The monoisotopic (exact) mass is 294 g/mol. The second kappa shape index (κ2) is 8.85. The van der Waals surface area contributed by atoms with Gasteiger partial charge in [0, 0.05) is 13.0 Å². The molecule has 1 aliphatic rings. The lowest BCUT2D eigenvalue weighted by Gasteiger charge is -2.24. The average molecular weight is 294 g/mol. The summed E-state index contributed by atoms with van der Waals surface area (Å²) in [6.07, 6.45) is 9.72. The third-order valence-electron chi connectivity index (χ3n) is 4.29. The van der Waals surface area contributed by atoms with Crippen molar-refractivity contribution in [1.82, 2.24) is 4.90 Å². The lowest BCUT2D eigenvalue weighted by Crippen LogP contribution is -2.44. The number of carbonyl (C=O) groups is 2. The van der Waals surface area contributed by atoms with Crippen molar-refractivity contribution in [2.24, 2.45) is 17.6 Å². The van der Waals surface area contributed by atoms with E-state index in [0.717, 1.165) is 32.1 Å².